The first-order valence-corrected chi connectivity index (χ1v) is 10.0. The number of benzene rings is 2. The number of ether oxygens (including phenoxy) is 5. The molecule has 1 saturated heterocycles. The lowest BCUT2D eigenvalue weighted by Gasteiger charge is -2.37. The fraction of sp³-hybridized carbons (Fsp3) is 0.458. The monoisotopic (exact) mass is 412 g/mol. The zero-order valence-electron chi connectivity index (χ0n) is 18.3. The minimum absolute atomic E-state index is 0.0497. The molecule has 0 N–H and O–H groups in total. The molecule has 0 saturated carbocycles. The Balaban J connectivity index is 1.94. The van der Waals surface area contributed by atoms with Crippen LogP contribution < -0.4 is 18.9 Å². The average Bonchev–Trinajstić information content (AvgIpc) is 2.98. The fourth-order valence-electron chi connectivity index (χ4n) is 5.01. The van der Waals surface area contributed by atoms with Crippen LogP contribution in [0.2, 0.25) is 0 Å². The van der Waals surface area contributed by atoms with Gasteiger partial charge in [-0.15, -0.1) is 0 Å². The molecule has 30 heavy (non-hydrogen) atoms. The first-order valence-electron chi connectivity index (χ1n) is 10.0. The quantitative estimate of drug-likeness (QED) is 0.693. The van der Waals surface area contributed by atoms with Gasteiger partial charge in [-0.1, -0.05) is 6.07 Å². The van der Waals surface area contributed by atoms with Crippen LogP contribution in [0, 0.1) is 11.8 Å². The van der Waals surface area contributed by atoms with Gasteiger partial charge in [0.15, 0.2) is 23.0 Å². The molecule has 1 heterocycles. The number of carbonyl (C=O) groups is 1. The zero-order valence-corrected chi connectivity index (χ0v) is 18.3. The standard InChI is InChI=1S/C24H28O6/c1-24(2)16-9-14-11-19(28-5)20(29-6)12-15(14)21(22(16)23(25)30-24)13-7-8-17(26-3)18(10-13)27-4/h7-8,10-12,16,21-22H,9H2,1-6H3/t16-,21+,22+/m1/s1. The van der Waals surface area contributed by atoms with Crippen LogP contribution in [0.3, 0.4) is 0 Å². The van der Waals surface area contributed by atoms with Crippen molar-refractivity contribution < 1.29 is 28.5 Å². The number of hydrogen-bond acceptors (Lipinski definition) is 6. The Bertz CT molecular complexity index is 980. The van der Waals surface area contributed by atoms with Crippen LogP contribution in [0.1, 0.15) is 36.5 Å². The van der Waals surface area contributed by atoms with E-state index in [0.29, 0.717) is 23.0 Å². The largest absolute Gasteiger partial charge is 0.493 e. The van der Waals surface area contributed by atoms with Crippen molar-refractivity contribution in [3.05, 3.63) is 47.0 Å². The van der Waals surface area contributed by atoms with Gasteiger partial charge in [-0.25, -0.2) is 0 Å². The van der Waals surface area contributed by atoms with Crippen molar-refractivity contribution in [3.8, 4) is 23.0 Å². The molecule has 0 radical (unpaired) electrons. The van der Waals surface area contributed by atoms with E-state index < -0.39 is 5.60 Å². The predicted molar refractivity (Wildman–Crippen MR) is 112 cm³/mol. The van der Waals surface area contributed by atoms with Crippen molar-refractivity contribution >= 4 is 5.97 Å². The highest BCUT2D eigenvalue weighted by molar-refractivity contribution is 5.79. The highest BCUT2D eigenvalue weighted by atomic mass is 16.6. The zero-order chi connectivity index (χ0) is 21.6. The maximum Gasteiger partial charge on any atom is 0.310 e. The molecule has 1 aliphatic heterocycles. The van der Waals surface area contributed by atoms with E-state index in [1.54, 1.807) is 28.4 Å². The number of fused-ring (bicyclic) bond motifs is 2. The molecule has 0 bridgehead atoms. The third kappa shape index (κ3) is 3.06. The number of cyclic esters (lactones) is 1. The summed E-state index contributed by atoms with van der Waals surface area (Å²) in [5.74, 6) is 2.02. The minimum atomic E-state index is -0.540. The Morgan fingerprint density at radius 2 is 1.47 bits per heavy atom. The van der Waals surface area contributed by atoms with Gasteiger partial charge in [0.1, 0.15) is 5.60 Å². The number of methoxy groups -OCH3 is 4. The van der Waals surface area contributed by atoms with Gasteiger partial charge in [-0.2, -0.15) is 0 Å². The van der Waals surface area contributed by atoms with Crippen molar-refractivity contribution in [3.63, 3.8) is 0 Å². The van der Waals surface area contributed by atoms with Crippen LogP contribution >= 0.6 is 0 Å². The minimum Gasteiger partial charge on any atom is -0.493 e. The molecule has 2 aromatic rings. The van der Waals surface area contributed by atoms with Gasteiger partial charge in [-0.05, 0) is 61.2 Å². The first kappa shape index (κ1) is 20.4. The Kier molecular flexibility index (Phi) is 5.04. The summed E-state index contributed by atoms with van der Waals surface area (Å²) in [6.45, 7) is 3.99. The first-order chi connectivity index (χ1) is 14.3. The Morgan fingerprint density at radius 3 is 2.10 bits per heavy atom. The second kappa shape index (κ2) is 7.42. The maximum absolute atomic E-state index is 13.0. The van der Waals surface area contributed by atoms with Crippen molar-refractivity contribution in [2.75, 3.05) is 28.4 Å². The second-order valence-corrected chi connectivity index (χ2v) is 8.36. The van der Waals surface area contributed by atoms with E-state index in [1.807, 2.05) is 44.2 Å². The van der Waals surface area contributed by atoms with Crippen molar-refractivity contribution in [2.24, 2.45) is 11.8 Å². The molecule has 0 unspecified atom stereocenters. The van der Waals surface area contributed by atoms with Gasteiger partial charge in [-0.3, -0.25) is 4.79 Å². The van der Waals surface area contributed by atoms with Gasteiger partial charge >= 0.3 is 5.97 Å². The van der Waals surface area contributed by atoms with Gasteiger partial charge in [0.25, 0.3) is 0 Å². The van der Waals surface area contributed by atoms with Gasteiger partial charge in [0.05, 0.1) is 34.4 Å². The predicted octanol–water partition coefficient (Wildman–Crippen LogP) is 3.98. The summed E-state index contributed by atoms with van der Waals surface area (Å²) in [5, 5.41) is 0. The van der Waals surface area contributed by atoms with Gasteiger partial charge in [0, 0.05) is 11.8 Å². The Labute approximate surface area is 177 Å². The van der Waals surface area contributed by atoms with Crippen LogP contribution in [-0.4, -0.2) is 40.0 Å². The number of carbonyl (C=O) groups excluding carboxylic acids is 1. The molecule has 1 fully saturated rings. The molecule has 6 nitrogen and oxygen atoms in total. The van der Waals surface area contributed by atoms with E-state index in [-0.39, 0.29) is 23.7 Å². The van der Waals surface area contributed by atoms with Gasteiger partial charge in [0.2, 0.25) is 0 Å². The van der Waals surface area contributed by atoms with E-state index in [2.05, 4.69) is 0 Å². The summed E-state index contributed by atoms with van der Waals surface area (Å²) >= 11 is 0. The molecule has 0 amide bonds. The van der Waals surface area contributed by atoms with E-state index >= 15 is 0 Å². The van der Waals surface area contributed by atoms with Gasteiger partial charge < -0.3 is 23.7 Å². The topological polar surface area (TPSA) is 63.2 Å². The highest BCUT2D eigenvalue weighted by Crippen LogP contribution is 2.54. The summed E-state index contributed by atoms with van der Waals surface area (Å²) in [6.07, 6.45) is 0.739. The summed E-state index contributed by atoms with van der Waals surface area (Å²) in [5.41, 5.74) is 2.63. The summed E-state index contributed by atoms with van der Waals surface area (Å²) in [7, 11) is 6.47. The van der Waals surface area contributed by atoms with Crippen LogP contribution in [0.5, 0.6) is 23.0 Å². The van der Waals surface area contributed by atoms with Crippen LogP contribution in [0.4, 0.5) is 0 Å². The molecule has 6 heteroatoms. The molecule has 2 aromatic carbocycles. The molecule has 1 aliphatic carbocycles. The lowest BCUT2D eigenvalue weighted by Crippen LogP contribution is -2.37. The maximum atomic E-state index is 13.0. The SMILES string of the molecule is COc1ccc([C@H]2c3cc(OC)c(OC)cc3C[C@@H]3[C@@H]2C(=O)OC3(C)C)cc1OC. The average molecular weight is 412 g/mol. The lowest BCUT2D eigenvalue weighted by molar-refractivity contribution is -0.148. The third-order valence-electron chi connectivity index (χ3n) is 6.51. The molecule has 0 spiro atoms. The molecule has 3 atom stereocenters. The van der Waals surface area contributed by atoms with Crippen molar-refractivity contribution in [2.45, 2.75) is 31.8 Å². The van der Waals surface area contributed by atoms with E-state index in [1.165, 1.54) is 0 Å². The lowest BCUT2D eigenvalue weighted by atomic mass is 9.64. The summed E-state index contributed by atoms with van der Waals surface area (Å²) < 4.78 is 27.9. The van der Waals surface area contributed by atoms with Crippen LogP contribution in [0.15, 0.2) is 30.3 Å². The molecular formula is C24H28O6. The molecular weight excluding hydrogens is 384 g/mol. The fourth-order valence-corrected chi connectivity index (χ4v) is 5.01. The van der Waals surface area contributed by atoms with E-state index in [9.17, 15) is 4.79 Å². The highest BCUT2D eigenvalue weighted by Gasteiger charge is 2.56. The third-order valence-corrected chi connectivity index (χ3v) is 6.51. The molecule has 160 valence electrons. The van der Waals surface area contributed by atoms with E-state index in [0.717, 1.165) is 23.1 Å². The Hall–Kier alpha value is -2.89. The van der Waals surface area contributed by atoms with Crippen LogP contribution in [0.25, 0.3) is 0 Å². The summed E-state index contributed by atoms with van der Waals surface area (Å²) in [6, 6.07) is 9.84. The molecule has 0 aromatic heterocycles. The Morgan fingerprint density at radius 1 is 0.867 bits per heavy atom. The second-order valence-electron chi connectivity index (χ2n) is 8.36. The van der Waals surface area contributed by atoms with Crippen molar-refractivity contribution in [1.29, 1.82) is 0 Å². The number of rotatable bonds is 5. The number of esters is 1. The summed E-state index contributed by atoms with van der Waals surface area (Å²) in [4.78, 5) is 13.0. The molecule has 4 rings (SSSR count). The van der Waals surface area contributed by atoms with Crippen molar-refractivity contribution in [1.82, 2.24) is 0 Å². The van der Waals surface area contributed by atoms with Crippen LogP contribution in [-0.2, 0) is 16.0 Å². The number of hydrogen-bond donors (Lipinski definition) is 0. The molecule has 2 aliphatic rings. The normalized spacial score (nSPS) is 23.8. The van der Waals surface area contributed by atoms with E-state index in [4.69, 9.17) is 23.7 Å². The smallest absolute Gasteiger partial charge is 0.310 e.